The van der Waals surface area contributed by atoms with Crippen molar-refractivity contribution in [1.82, 2.24) is 4.72 Å². The van der Waals surface area contributed by atoms with Gasteiger partial charge in [0.25, 0.3) is 15.9 Å². The molecule has 0 aliphatic heterocycles. The Kier molecular flexibility index (Phi) is 5.70. The van der Waals surface area contributed by atoms with Crippen LogP contribution >= 0.6 is 23.2 Å². The average Bonchev–Trinajstić information content (AvgIpc) is 2.64. The smallest absolute Gasteiger partial charge is 0.268 e. The molecule has 0 atom stereocenters. The first-order chi connectivity index (χ1) is 12.8. The van der Waals surface area contributed by atoms with Gasteiger partial charge in [0, 0.05) is 10.0 Å². The largest absolute Gasteiger partial charge is 0.457 e. The van der Waals surface area contributed by atoms with Gasteiger partial charge in [-0.2, -0.15) is 0 Å². The van der Waals surface area contributed by atoms with Gasteiger partial charge in [0.15, 0.2) is 0 Å². The van der Waals surface area contributed by atoms with Gasteiger partial charge in [-0.15, -0.1) is 0 Å². The van der Waals surface area contributed by atoms with E-state index in [1.165, 1.54) is 30.3 Å². The number of amides is 1. The molecule has 3 rings (SSSR count). The van der Waals surface area contributed by atoms with Crippen LogP contribution in [0, 0.1) is 0 Å². The van der Waals surface area contributed by atoms with Gasteiger partial charge in [-0.1, -0.05) is 35.3 Å². The number of hydrogen-bond acceptors (Lipinski definition) is 4. The lowest BCUT2D eigenvalue weighted by Crippen LogP contribution is -2.30. The van der Waals surface area contributed by atoms with Gasteiger partial charge in [0.1, 0.15) is 11.5 Å². The highest BCUT2D eigenvalue weighted by Crippen LogP contribution is 2.26. The predicted octanol–water partition coefficient (Wildman–Crippen LogP) is 4.90. The summed E-state index contributed by atoms with van der Waals surface area (Å²) in [6.07, 6.45) is 0. The van der Waals surface area contributed by atoms with Crippen LogP contribution in [0.25, 0.3) is 0 Å². The fourth-order valence-corrected chi connectivity index (χ4v) is 3.44. The maximum Gasteiger partial charge on any atom is 0.268 e. The summed E-state index contributed by atoms with van der Waals surface area (Å²) in [5, 5.41) is 0.935. The molecule has 0 unspecified atom stereocenters. The van der Waals surface area contributed by atoms with Crippen molar-refractivity contribution in [2.45, 2.75) is 4.90 Å². The molecular weight excluding hydrogens is 409 g/mol. The van der Waals surface area contributed by atoms with Crippen molar-refractivity contribution in [2.24, 2.45) is 0 Å². The van der Waals surface area contributed by atoms with Crippen LogP contribution < -0.4 is 9.46 Å². The van der Waals surface area contributed by atoms with E-state index in [1.807, 2.05) is 4.72 Å². The Morgan fingerprint density at radius 3 is 2.00 bits per heavy atom. The van der Waals surface area contributed by atoms with Gasteiger partial charge >= 0.3 is 0 Å². The van der Waals surface area contributed by atoms with Crippen LogP contribution in [0.15, 0.2) is 77.7 Å². The minimum absolute atomic E-state index is 0.0728. The minimum Gasteiger partial charge on any atom is -0.457 e. The summed E-state index contributed by atoms with van der Waals surface area (Å²) in [4.78, 5) is 12.5. The Morgan fingerprint density at radius 1 is 0.815 bits per heavy atom. The van der Waals surface area contributed by atoms with Crippen molar-refractivity contribution < 1.29 is 17.9 Å². The van der Waals surface area contributed by atoms with Crippen molar-refractivity contribution in [3.05, 3.63) is 88.4 Å². The van der Waals surface area contributed by atoms with Crippen LogP contribution in [0.5, 0.6) is 11.5 Å². The first-order valence-electron chi connectivity index (χ1n) is 7.70. The van der Waals surface area contributed by atoms with Crippen molar-refractivity contribution in [2.75, 3.05) is 0 Å². The normalized spacial score (nSPS) is 11.0. The summed E-state index contributed by atoms with van der Waals surface area (Å²) in [5.74, 6) is -0.140. The third-order valence-electron chi connectivity index (χ3n) is 3.52. The van der Waals surface area contributed by atoms with Gasteiger partial charge in [-0.05, 0) is 60.7 Å². The first kappa shape index (κ1) is 19.2. The van der Waals surface area contributed by atoms with Gasteiger partial charge in [0.2, 0.25) is 0 Å². The molecule has 0 bridgehead atoms. The van der Waals surface area contributed by atoms with Crippen LogP contribution in [-0.4, -0.2) is 14.3 Å². The molecule has 27 heavy (non-hydrogen) atoms. The zero-order valence-electron chi connectivity index (χ0n) is 13.7. The van der Waals surface area contributed by atoms with Gasteiger partial charge in [-0.25, -0.2) is 13.1 Å². The highest BCUT2D eigenvalue weighted by atomic mass is 35.5. The van der Waals surface area contributed by atoms with Crippen LogP contribution in [0.1, 0.15) is 10.4 Å². The second kappa shape index (κ2) is 8.00. The maximum absolute atomic E-state index is 12.5. The van der Waals surface area contributed by atoms with E-state index in [4.69, 9.17) is 27.9 Å². The molecule has 0 spiro atoms. The molecule has 0 aliphatic rings. The molecule has 5 nitrogen and oxygen atoms in total. The van der Waals surface area contributed by atoms with E-state index >= 15 is 0 Å². The van der Waals surface area contributed by atoms with E-state index < -0.39 is 15.9 Å². The molecule has 3 aromatic carbocycles. The van der Waals surface area contributed by atoms with E-state index in [-0.39, 0.29) is 16.2 Å². The molecule has 8 heteroatoms. The monoisotopic (exact) mass is 421 g/mol. The number of nitrogens with one attached hydrogen (secondary N) is 1. The number of sulfonamides is 1. The Hall–Kier alpha value is -2.54. The van der Waals surface area contributed by atoms with E-state index in [1.54, 1.807) is 42.5 Å². The summed E-state index contributed by atoms with van der Waals surface area (Å²) in [6, 6.07) is 18.4. The van der Waals surface area contributed by atoms with Gasteiger partial charge in [0.05, 0.1) is 10.5 Å². The summed E-state index contributed by atoms with van der Waals surface area (Å²) in [7, 11) is -4.05. The van der Waals surface area contributed by atoms with Crippen LogP contribution in [0.4, 0.5) is 0 Å². The second-order valence-corrected chi connectivity index (χ2v) is 8.00. The van der Waals surface area contributed by atoms with Crippen molar-refractivity contribution in [1.29, 1.82) is 0 Å². The Balaban J connectivity index is 1.84. The standard InChI is InChI=1S/C19H13Cl2NO4S/c20-13-5-9-15(10-6-13)26-18-4-2-1-3-17(18)19(23)22-27(24,25)16-11-7-14(21)8-12-16/h1-12H,(H,22,23). The molecule has 1 amide bonds. The number of hydrogen-bond donors (Lipinski definition) is 1. The number of para-hydroxylation sites is 1. The lowest BCUT2D eigenvalue weighted by Gasteiger charge is -2.12. The highest BCUT2D eigenvalue weighted by Gasteiger charge is 2.21. The summed E-state index contributed by atoms with van der Waals surface area (Å²) >= 11 is 11.6. The number of carbonyl (C=O) groups excluding carboxylic acids is 1. The number of benzene rings is 3. The summed E-state index contributed by atoms with van der Waals surface area (Å²) < 4.78 is 32.5. The van der Waals surface area contributed by atoms with Crippen LogP contribution in [0.3, 0.4) is 0 Å². The van der Waals surface area contributed by atoms with E-state index in [0.717, 1.165) is 0 Å². The van der Waals surface area contributed by atoms with Crippen LogP contribution in [0.2, 0.25) is 10.0 Å². The fourth-order valence-electron chi connectivity index (χ4n) is 2.22. The third-order valence-corrected chi connectivity index (χ3v) is 5.37. The molecule has 0 saturated carbocycles. The van der Waals surface area contributed by atoms with Crippen LogP contribution in [-0.2, 0) is 10.0 Å². The van der Waals surface area contributed by atoms with E-state index in [9.17, 15) is 13.2 Å². The molecular formula is C19H13Cl2NO4S. The molecule has 3 aromatic rings. The summed E-state index contributed by atoms with van der Waals surface area (Å²) in [5.41, 5.74) is 0.0741. The Morgan fingerprint density at radius 2 is 1.37 bits per heavy atom. The Labute approximate surface area is 166 Å². The lowest BCUT2D eigenvalue weighted by atomic mass is 10.2. The maximum atomic E-state index is 12.5. The molecule has 0 aromatic heterocycles. The zero-order valence-corrected chi connectivity index (χ0v) is 16.1. The second-order valence-electron chi connectivity index (χ2n) is 5.44. The molecule has 0 saturated heterocycles. The molecule has 0 aliphatic carbocycles. The van der Waals surface area contributed by atoms with Gasteiger partial charge in [-0.3, -0.25) is 4.79 Å². The minimum atomic E-state index is -4.05. The Bertz CT molecular complexity index is 1070. The highest BCUT2D eigenvalue weighted by molar-refractivity contribution is 7.90. The van der Waals surface area contributed by atoms with E-state index in [2.05, 4.69) is 0 Å². The summed E-state index contributed by atoms with van der Waals surface area (Å²) in [6.45, 7) is 0. The van der Waals surface area contributed by atoms with Crippen molar-refractivity contribution in [3.8, 4) is 11.5 Å². The SMILES string of the molecule is O=C(NS(=O)(=O)c1ccc(Cl)cc1)c1ccccc1Oc1ccc(Cl)cc1. The number of ether oxygens (including phenoxy) is 1. The van der Waals surface area contributed by atoms with Crippen molar-refractivity contribution >= 4 is 39.1 Å². The molecule has 0 fully saturated rings. The number of halogens is 2. The molecule has 1 N–H and O–H groups in total. The third kappa shape index (κ3) is 4.80. The quantitative estimate of drug-likeness (QED) is 0.635. The average molecular weight is 422 g/mol. The van der Waals surface area contributed by atoms with Gasteiger partial charge < -0.3 is 4.74 Å². The molecule has 138 valence electrons. The first-order valence-corrected chi connectivity index (χ1v) is 9.94. The molecule has 0 heterocycles. The topological polar surface area (TPSA) is 72.5 Å². The lowest BCUT2D eigenvalue weighted by molar-refractivity contribution is 0.0979. The van der Waals surface area contributed by atoms with Crippen molar-refractivity contribution in [3.63, 3.8) is 0 Å². The zero-order chi connectivity index (χ0) is 19.4. The fraction of sp³-hybridized carbons (Fsp3) is 0. The predicted molar refractivity (Wildman–Crippen MR) is 104 cm³/mol. The number of carbonyl (C=O) groups is 1. The number of rotatable bonds is 5. The molecule has 0 radical (unpaired) electrons. The van der Waals surface area contributed by atoms with E-state index in [0.29, 0.717) is 15.8 Å².